The van der Waals surface area contributed by atoms with Crippen LogP contribution in [0, 0.1) is 0 Å². The predicted molar refractivity (Wildman–Crippen MR) is 198 cm³/mol. The molecule has 2 N–H and O–H groups in total. The fourth-order valence-electron chi connectivity index (χ4n) is 9.32. The Hall–Kier alpha value is -3.36. The third kappa shape index (κ3) is 7.73. The number of aromatic hydroxyl groups is 1. The molecule has 0 amide bonds. The van der Waals surface area contributed by atoms with Gasteiger partial charge in [-0.1, -0.05) is 133 Å². The van der Waals surface area contributed by atoms with E-state index in [0.717, 1.165) is 36.9 Å². The average Bonchev–Trinajstić information content (AvgIpc) is 3.49. The molecule has 0 aromatic heterocycles. The molecule has 51 heavy (non-hydrogen) atoms. The molecule has 8 heteroatoms. The maximum Gasteiger partial charge on any atom is 0.357 e. The number of piperidine rings is 1. The minimum Gasteiger partial charge on any atom is -0.504 e. The van der Waals surface area contributed by atoms with E-state index in [1.54, 1.807) is 36.4 Å². The number of hydrogen-bond donors (Lipinski definition) is 2. The number of likely N-dealkylation sites (tertiary alicyclic amines) is 1. The Labute approximate surface area is 304 Å². The van der Waals surface area contributed by atoms with Gasteiger partial charge in [0.2, 0.25) is 6.10 Å². The lowest BCUT2D eigenvalue weighted by Gasteiger charge is -2.61. The third-order valence-corrected chi connectivity index (χ3v) is 12.1. The molecule has 2 aromatic rings. The Morgan fingerprint density at radius 2 is 1.53 bits per heavy atom. The van der Waals surface area contributed by atoms with Gasteiger partial charge in [-0.2, -0.15) is 0 Å². The van der Waals surface area contributed by atoms with Crippen molar-refractivity contribution >= 4 is 11.9 Å². The molecule has 2 aliphatic carbocycles. The van der Waals surface area contributed by atoms with Crippen LogP contribution in [0.5, 0.6) is 11.5 Å². The minimum absolute atomic E-state index is 0.0119. The van der Waals surface area contributed by atoms with Crippen LogP contribution in [0.25, 0.3) is 0 Å². The van der Waals surface area contributed by atoms with Crippen LogP contribution in [0.1, 0.15) is 145 Å². The van der Waals surface area contributed by atoms with Gasteiger partial charge >= 0.3 is 11.9 Å². The zero-order chi connectivity index (χ0) is 35.8. The minimum atomic E-state index is -1.24. The molecule has 2 aliphatic heterocycles. The second-order valence-electron chi connectivity index (χ2n) is 15.5. The summed E-state index contributed by atoms with van der Waals surface area (Å²) < 4.78 is 18.4. The van der Waals surface area contributed by atoms with Gasteiger partial charge in [-0.25, -0.2) is 4.79 Å². The summed E-state index contributed by atoms with van der Waals surface area (Å²) in [4.78, 5) is 29.2. The largest absolute Gasteiger partial charge is 0.504 e. The van der Waals surface area contributed by atoms with E-state index in [1.807, 2.05) is 19.2 Å². The lowest BCUT2D eigenvalue weighted by Crippen LogP contribution is -2.74. The molecule has 2 heterocycles. The molecule has 2 aromatic carbocycles. The summed E-state index contributed by atoms with van der Waals surface area (Å²) in [6.45, 7) is 2.99. The molecule has 4 aliphatic rings. The maximum atomic E-state index is 13.9. The average molecular weight is 702 g/mol. The monoisotopic (exact) mass is 701 g/mol. The van der Waals surface area contributed by atoms with Crippen LogP contribution in [0.15, 0.2) is 54.3 Å². The number of unbranched alkanes of at least 4 members (excludes halogenated alkanes) is 14. The highest BCUT2D eigenvalue weighted by Crippen LogP contribution is 2.65. The van der Waals surface area contributed by atoms with Crippen molar-refractivity contribution in [3.8, 4) is 11.5 Å². The van der Waals surface area contributed by atoms with Crippen molar-refractivity contribution in [2.75, 3.05) is 13.6 Å². The van der Waals surface area contributed by atoms with Gasteiger partial charge in [-0.3, -0.25) is 4.79 Å². The first-order valence-electron chi connectivity index (χ1n) is 19.9. The fourth-order valence-corrected chi connectivity index (χ4v) is 9.32. The summed E-state index contributed by atoms with van der Waals surface area (Å²) in [6.07, 6.45) is 20.2. The van der Waals surface area contributed by atoms with Crippen LogP contribution in [0.3, 0.4) is 0 Å². The molecule has 6 rings (SSSR count). The number of phenolic OH excluding ortho intramolecular Hbond substituents is 1. The van der Waals surface area contributed by atoms with E-state index in [-0.39, 0.29) is 30.4 Å². The Balaban J connectivity index is 1.01. The zero-order valence-corrected chi connectivity index (χ0v) is 30.9. The molecular formula is C43H59NO7. The molecule has 5 atom stereocenters. The van der Waals surface area contributed by atoms with Crippen molar-refractivity contribution in [3.63, 3.8) is 0 Å². The number of carbonyl (C=O) groups excluding carboxylic acids is 2. The van der Waals surface area contributed by atoms with Crippen molar-refractivity contribution in [1.29, 1.82) is 0 Å². The van der Waals surface area contributed by atoms with Crippen molar-refractivity contribution in [2.45, 2.75) is 158 Å². The molecule has 278 valence electrons. The number of rotatable bonds is 20. The van der Waals surface area contributed by atoms with E-state index in [0.29, 0.717) is 24.2 Å². The number of benzene rings is 2. The number of hydrogen-bond acceptors (Lipinski definition) is 8. The summed E-state index contributed by atoms with van der Waals surface area (Å²) in [6, 6.07) is 12.4. The van der Waals surface area contributed by atoms with Crippen LogP contribution in [-0.4, -0.2) is 58.4 Å². The fraction of sp³-hybridized carbons (Fsp3) is 0.628. The quantitative estimate of drug-likeness (QED) is 0.104. The van der Waals surface area contributed by atoms with E-state index in [1.165, 1.54) is 77.0 Å². The van der Waals surface area contributed by atoms with Gasteiger partial charge < -0.3 is 29.3 Å². The highest BCUT2D eigenvalue weighted by molar-refractivity contribution is 5.82. The molecule has 1 spiro atoms. The number of aliphatic hydroxyl groups is 1. The summed E-state index contributed by atoms with van der Waals surface area (Å²) in [5.74, 6) is -0.472. The van der Waals surface area contributed by atoms with E-state index in [4.69, 9.17) is 14.2 Å². The zero-order valence-electron chi connectivity index (χ0n) is 30.9. The number of ether oxygens (including phenoxy) is 3. The Kier molecular flexibility index (Phi) is 12.5. The second-order valence-corrected chi connectivity index (χ2v) is 15.5. The molecule has 1 fully saturated rings. The van der Waals surface area contributed by atoms with E-state index < -0.39 is 35.2 Å². The molecule has 1 saturated heterocycles. The van der Waals surface area contributed by atoms with Crippen LogP contribution in [-0.2, 0) is 30.9 Å². The van der Waals surface area contributed by atoms with Crippen molar-refractivity contribution < 1.29 is 34.0 Å². The van der Waals surface area contributed by atoms with Crippen molar-refractivity contribution in [1.82, 2.24) is 4.90 Å². The first kappa shape index (κ1) is 37.4. The summed E-state index contributed by atoms with van der Waals surface area (Å²) in [5.41, 5.74) is 0.365. The number of phenols is 1. The van der Waals surface area contributed by atoms with E-state index >= 15 is 0 Å². The molecular weight excluding hydrogens is 642 g/mol. The molecule has 2 bridgehead atoms. The Bertz CT molecular complexity index is 1520. The normalized spacial score (nSPS) is 25.0. The first-order valence-corrected chi connectivity index (χ1v) is 19.9. The number of carbonyl (C=O) groups is 2. The lowest BCUT2D eigenvalue weighted by molar-refractivity contribution is -0.176. The van der Waals surface area contributed by atoms with Crippen LogP contribution < -0.4 is 4.74 Å². The highest BCUT2D eigenvalue weighted by atomic mass is 16.6. The van der Waals surface area contributed by atoms with E-state index in [2.05, 4.69) is 11.8 Å². The van der Waals surface area contributed by atoms with Crippen LogP contribution in [0.4, 0.5) is 0 Å². The smallest absolute Gasteiger partial charge is 0.357 e. The third-order valence-electron chi connectivity index (χ3n) is 12.1. The summed E-state index contributed by atoms with van der Waals surface area (Å²) >= 11 is 0. The standard InChI is InChI=1S/C43H59NO7/c1-3-4-5-6-7-8-9-10-11-12-13-14-15-16-20-23-36(46)50-38(31-21-18-17-19-22-31)41(47)49-34-26-27-43(48)35-30-32-24-25-33(45)39-37(32)42(43,40(34)51-39)28-29-44(35)2/h17-19,21-22,24-26,35,38,40,45,48H,3-16,20,23,27-30H2,1-2H3/t35-,38+,40+,42+,43-/m1/s1. The molecule has 0 saturated carbocycles. The molecule has 0 unspecified atom stereocenters. The van der Waals surface area contributed by atoms with Crippen molar-refractivity contribution in [3.05, 3.63) is 71.0 Å². The second kappa shape index (κ2) is 17.0. The lowest BCUT2D eigenvalue weighted by atomic mass is 9.50. The first-order chi connectivity index (χ1) is 24.8. The van der Waals surface area contributed by atoms with Crippen LogP contribution >= 0.6 is 0 Å². The SMILES string of the molecule is CCCCCCCCCCCCCCCCCC(=O)O[C@H](C(=O)OC1=CC[C@@]2(O)[C@H]3Cc4ccc(O)c5c4[C@@]2(CCN3C)[C@H]1O5)c1ccccc1. The number of esters is 2. The van der Waals surface area contributed by atoms with Gasteiger partial charge in [-0.05, 0) is 50.6 Å². The van der Waals surface area contributed by atoms with Gasteiger partial charge in [-0.15, -0.1) is 0 Å². The Morgan fingerprint density at radius 3 is 2.18 bits per heavy atom. The van der Waals surface area contributed by atoms with Crippen molar-refractivity contribution in [2.24, 2.45) is 0 Å². The van der Waals surface area contributed by atoms with Crippen LogP contribution in [0.2, 0.25) is 0 Å². The maximum absolute atomic E-state index is 13.9. The Morgan fingerprint density at radius 1 is 0.902 bits per heavy atom. The van der Waals surface area contributed by atoms with Gasteiger partial charge in [0.05, 0.1) is 11.0 Å². The van der Waals surface area contributed by atoms with Gasteiger partial charge in [0.25, 0.3) is 0 Å². The van der Waals surface area contributed by atoms with Gasteiger partial charge in [0, 0.05) is 30.0 Å². The summed E-state index contributed by atoms with van der Waals surface area (Å²) in [7, 11) is 2.03. The summed E-state index contributed by atoms with van der Waals surface area (Å²) in [5, 5.41) is 23.3. The topological polar surface area (TPSA) is 106 Å². The predicted octanol–water partition coefficient (Wildman–Crippen LogP) is 8.76. The highest BCUT2D eigenvalue weighted by Gasteiger charge is 2.72. The molecule has 0 radical (unpaired) electrons. The van der Waals surface area contributed by atoms with Gasteiger partial charge in [0.1, 0.15) is 5.76 Å². The van der Waals surface area contributed by atoms with Gasteiger partial charge in [0.15, 0.2) is 17.6 Å². The number of nitrogens with zero attached hydrogens (tertiary/aromatic N) is 1. The molecule has 8 nitrogen and oxygen atoms in total. The van der Waals surface area contributed by atoms with E-state index in [9.17, 15) is 19.8 Å². The number of likely N-dealkylation sites (N-methyl/N-ethyl adjacent to an activating group) is 1.